The smallest absolute Gasteiger partial charge is 0.0493 e. The molecule has 2 fully saturated rings. The van der Waals surface area contributed by atoms with Crippen LogP contribution in [0.2, 0.25) is 0 Å². The van der Waals surface area contributed by atoms with E-state index in [1.165, 1.54) is 25.7 Å². The summed E-state index contributed by atoms with van der Waals surface area (Å²) in [6, 6.07) is 4.12. The van der Waals surface area contributed by atoms with Crippen LogP contribution >= 0.6 is 15.9 Å². The highest BCUT2D eigenvalue weighted by molar-refractivity contribution is 9.10. The summed E-state index contributed by atoms with van der Waals surface area (Å²) in [6.07, 6.45) is 8.01. The van der Waals surface area contributed by atoms with Crippen LogP contribution in [0.1, 0.15) is 31.4 Å². The molecule has 17 heavy (non-hydrogen) atoms. The van der Waals surface area contributed by atoms with Gasteiger partial charge in [-0.05, 0) is 65.6 Å². The zero-order chi connectivity index (χ0) is 11.9. The molecule has 0 spiro atoms. The van der Waals surface area contributed by atoms with E-state index in [9.17, 15) is 5.11 Å². The highest BCUT2D eigenvalue weighted by Gasteiger charge is 2.50. The first-order valence-corrected chi connectivity index (χ1v) is 7.22. The van der Waals surface area contributed by atoms with Crippen molar-refractivity contribution in [2.45, 2.75) is 32.1 Å². The number of nitrogens with zero attached hydrogens (tertiary/aromatic N) is 1. The molecule has 3 unspecified atom stereocenters. The quantitative estimate of drug-likeness (QED) is 0.929. The highest BCUT2D eigenvalue weighted by atomic mass is 79.9. The standard InChI is InChI=1S/C14H18BrNO/c15-12-3-4-13(16-8-12)7-14(9-17)6-10-1-2-11(14)5-10/h3-4,8,10-11,17H,1-2,5-7,9H2. The fourth-order valence-electron chi connectivity index (χ4n) is 3.90. The van der Waals surface area contributed by atoms with Crippen LogP contribution in [0.3, 0.4) is 0 Å². The summed E-state index contributed by atoms with van der Waals surface area (Å²) in [5.74, 6) is 1.59. The van der Waals surface area contributed by atoms with E-state index >= 15 is 0 Å². The lowest BCUT2D eigenvalue weighted by molar-refractivity contribution is 0.0642. The van der Waals surface area contributed by atoms with E-state index < -0.39 is 0 Å². The Balaban J connectivity index is 1.80. The van der Waals surface area contributed by atoms with Gasteiger partial charge in [-0.3, -0.25) is 4.98 Å². The topological polar surface area (TPSA) is 33.1 Å². The van der Waals surface area contributed by atoms with Gasteiger partial charge in [0.05, 0.1) is 0 Å². The van der Waals surface area contributed by atoms with Crippen molar-refractivity contribution in [1.29, 1.82) is 0 Å². The predicted molar refractivity (Wildman–Crippen MR) is 70.6 cm³/mol. The van der Waals surface area contributed by atoms with Gasteiger partial charge in [0.15, 0.2) is 0 Å². The minimum atomic E-state index is 0.129. The third-order valence-corrected chi connectivity index (χ3v) is 5.21. The average molecular weight is 296 g/mol. The number of aliphatic hydroxyl groups is 1. The Morgan fingerprint density at radius 3 is 2.82 bits per heavy atom. The first-order chi connectivity index (χ1) is 8.22. The monoisotopic (exact) mass is 295 g/mol. The van der Waals surface area contributed by atoms with Crippen LogP contribution in [-0.2, 0) is 6.42 Å². The molecule has 3 atom stereocenters. The molecule has 3 rings (SSSR count). The van der Waals surface area contributed by atoms with Crippen LogP contribution in [0.15, 0.2) is 22.8 Å². The average Bonchev–Trinajstić information content (AvgIpc) is 2.93. The van der Waals surface area contributed by atoms with Crippen LogP contribution in [0.5, 0.6) is 0 Å². The summed E-state index contributed by atoms with van der Waals surface area (Å²) in [5.41, 5.74) is 1.25. The van der Waals surface area contributed by atoms with Crippen molar-refractivity contribution in [2.24, 2.45) is 17.3 Å². The largest absolute Gasteiger partial charge is 0.396 e. The van der Waals surface area contributed by atoms with E-state index in [4.69, 9.17) is 0 Å². The van der Waals surface area contributed by atoms with E-state index in [0.717, 1.165) is 28.4 Å². The SMILES string of the molecule is OCC1(Cc2ccc(Br)cn2)CC2CCC1C2. The molecule has 0 aromatic carbocycles. The molecule has 2 nitrogen and oxygen atoms in total. The number of rotatable bonds is 3. The summed E-state index contributed by atoms with van der Waals surface area (Å²) < 4.78 is 1.02. The molecular weight excluding hydrogens is 278 g/mol. The van der Waals surface area contributed by atoms with Crippen LogP contribution < -0.4 is 0 Å². The Bertz CT molecular complexity index is 405. The fraction of sp³-hybridized carbons (Fsp3) is 0.643. The second kappa shape index (κ2) is 4.36. The molecule has 0 saturated heterocycles. The van der Waals surface area contributed by atoms with Gasteiger partial charge in [-0.15, -0.1) is 0 Å². The lowest BCUT2D eigenvalue weighted by atomic mass is 9.70. The van der Waals surface area contributed by atoms with Gasteiger partial charge >= 0.3 is 0 Å². The Labute approximate surface area is 111 Å². The minimum absolute atomic E-state index is 0.129. The van der Waals surface area contributed by atoms with Gasteiger partial charge in [0.1, 0.15) is 0 Å². The zero-order valence-corrected chi connectivity index (χ0v) is 11.5. The van der Waals surface area contributed by atoms with Gasteiger partial charge in [-0.25, -0.2) is 0 Å². The van der Waals surface area contributed by atoms with Crippen molar-refractivity contribution in [1.82, 2.24) is 4.98 Å². The van der Waals surface area contributed by atoms with Crippen LogP contribution in [0.25, 0.3) is 0 Å². The second-order valence-corrected chi connectivity index (χ2v) is 6.66. The van der Waals surface area contributed by atoms with Gasteiger partial charge in [-0.2, -0.15) is 0 Å². The molecule has 1 heterocycles. The number of aliphatic hydroxyl groups excluding tert-OH is 1. The van der Waals surface area contributed by atoms with Gasteiger partial charge < -0.3 is 5.11 Å². The van der Waals surface area contributed by atoms with Crippen molar-refractivity contribution in [3.63, 3.8) is 0 Å². The predicted octanol–water partition coefficient (Wildman–Crippen LogP) is 3.19. The van der Waals surface area contributed by atoms with Gasteiger partial charge in [0.25, 0.3) is 0 Å². The molecule has 1 aromatic rings. The van der Waals surface area contributed by atoms with Gasteiger partial charge in [0.2, 0.25) is 0 Å². The normalized spacial score (nSPS) is 35.4. The van der Waals surface area contributed by atoms with Gasteiger partial charge in [0, 0.05) is 28.4 Å². The number of aromatic nitrogens is 1. The summed E-state index contributed by atoms with van der Waals surface area (Å²) in [4.78, 5) is 4.46. The summed E-state index contributed by atoms with van der Waals surface area (Å²) in [5, 5.41) is 9.82. The maximum Gasteiger partial charge on any atom is 0.0493 e. The van der Waals surface area contributed by atoms with Crippen LogP contribution in [0, 0.1) is 17.3 Å². The maximum atomic E-state index is 9.82. The molecule has 1 aromatic heterocycles. The highest BCUT2D eigenvalue weighted by Crippen LogP contribution is 2.56. The molecule has 2 aliphatic carbocycles. The third kappa shape index (κ3) is 2.04. The van der Waals surface area contributed by atoms with Crippen LogP contribution in [0.4, 0.5) is 0 Å². The summed E-state index contributed by atoms with van der Waals surface area (Å²) >= 11 is 3.41. The lowest BCUT2D eigenvalue weighted by Gasteiger charge is -2.35. The Kier molecular flexibility index (Phi) is 2.99. The number of pyridine rings is 1. The number of fused-ring (bicyclic) bond motifs is 2. The molecule has 0 amide bonds. The maximum absolute atomic E-state index is 9.82. The van der Waals surface area contributed by atoms with E-state index in [1.54, 1.807) is 0 Å². The Morgan fingerprint density at radius 2 is 2.29 bits per heavy atom. The van der Waals surface area contributed by atoms with E-state index in [0.29, 0.717) is 6.61 Å². The van der Waals surface area contributed by atoms with E-state index in [1.807, 2.05) is 12.3 Å². The number of hydrogen-bond acceptors (Lipinski definition) is 2. The van der Waals surface area contributed by atoms with Crippen molar-refractivity contribution >= 4 is 15.9 Å². The molecule has 1 N–H and O–H groups in total. The van der Waals surface area contributed by atoms with Crippen molar-refractivity contribution in [3.8, 4) is 0 Å². The molecular formula is C14H18BrNO. The minimum Gasteiger partial charge on any atom is -0.396 e. The zero-order valence-electron chi connectivity index (χ0n) is 9.90. The molecule has 3 heteroatoms. The summed E-state index contributed by atoms with van der Waals surface area (Å²) in [6.45, 7) is 0.325. The first-order valence-electron chi connectivity index (χ1n) is 6.43. The Morgan fingerprint density at radius 1 is 1.41 bits per heavy atom. The summed E-state index contributed by atoms with van der Waals surface area (Å²) in [7, 11) is 0. The fourth-order valence-corrected chi connectivity index (χ4v) is 4.13. The molecule has 2 bridgehead atoms. The second-order valence-electron chi connectivity index (χ2n) is 5.75. The number of halogens is 1. The number of hydrogen-bond donors (Lipinski definition) is 1. The van der Waals surface area contributed by atoms with E-state index in [-0.39, 0.29) is 5.41 Å². The van der Waals surface area contributed by atoms with E-state index in [2.05, 4.69) is 27.0 Å². The molecule has 2 aliphatic rings. The van der Waals surface area contributed by atoms with Crippen molar-refractivity contribution in [3.05, 3.63) is 28.5 Å². The molecule has 0 aliphatic heterocycles. The molecule has 0 radical (unpaired) electrons. The Hall–Kier alpha value is -0.410. The first kappa shape index (κ1) is 11.7. The van der Waals surface area contributed by atoms with Crippen molar-refractivity contribution in [2.75, 3.05) is 6.61 Å². The lowest BCUT2D eigenvalue weighted by Crippen LogP contribution is -2.34. The van der Waals surface area contributed by atoms with Gasteiger partial charge in [-0.1, -0.05) is 6.42 Å². The molecule has 92 valence electrons. The van der Waals surface area contributed by atoms with Crippen LogP contribution in [-0.4, -0.2) is 16.7 Å². The third-order valence-electron chi connectivity index (χ3n) is 4.74. The molecule has 2 saturated carbocycles. The van der Waals surface area contributed by atoms with Crippen molar-refractivity contribution < 1.29 is 5.11 Å².